The Morgan fingerprint density at radius 3 is 2.12 bits per heavy atom. The van der Waals surface area contributed by atoms with E-state index >= 15 is 0 Å². The normalized spacial score (nSPS) is 25.5. The SMILES string of the molecule is CS(=O)(=O)OCC1CC2(C1)CN(S(C)(=O)=O)C2. The molecule has 6 nitrogen and oxygen atoms in total. The summed E-state index contributed by atoms with van der Waals surface area (Å²) in [4.78, 5) is 0. The average Bonchev–Trinajstić information content (AvgIpc) is 1.92. The molecule has 0 atom stereocenters. The van der Waals surface area contributed by atoms with Gasteiger partial charge in [-0.15, -0.1) is 0 Å². The highest BCUT2D eigenvalue weighted by atomic mass is 32.2. The summed E-state index contributed by atoms with van der Waals surface area (Å²) < 4.78 is 50.2. The van der Waals surface area contributed by atoms with Crippen molar-refractivity contribution in [2.75, 3.05) is 32.2 Å². The molecule has 1 aliphatic carbocycles. The maximum atomic E-state index is 11.2. The molecular formula is C9H17NO5S2. The molecule has 0 N–H and O–H groups in total. The van der Waals surface area contributed by atoms with Gasteiger partial charge in [0.05, 0.1) is 19.1 Å². The summed E-state index contributed by atoms with van der Waals surface area (Å²) in [6.07, 6.45) is 3.96. The number of hydrogen-bond donors (Lipinski definition) is 0. The largest absolute Gasteiger partial charge is 0.270 e. The first-order valence-corrected chi connectivity index (χ1v) is 9.06. The highest BCUT2D eigenvalue weighted by Gasteiger charge is 2.54. The summed E-state index contributed by atoms with van der Waals surface area (Å²) in [7, 11) is -6.42. The second-order valence-electron chi connectivity index (χ2n) is 5.29. The lowest BCUT2D eigenvalue weighted by Crippen LogP contribution is -2.63. The molecule has 1 aliphatic heterocycles. The fraction of sp³-hybridized carbons (Fsp3) is 1.00. The maximum Gasteiger partial charge on any atom is 0.264 e. The third-order valence-corrected chi connectivity index (χ3v) is 5.21. The Morgan fingerprint density at radius 2 is 1.71 bits per heavy atom. The van der Waals surface area contributed by atoms with E-state index in [0.717, 1.165) is 19.1 Å². The van der Waals surface area contributed by atoms with E-state index in [-0.39, 0.29) is 17.9 Å². The molecule has 0 unspecified atom stereocenters. The van der Waals surface area contributed by atoms with E-state index in [1.165, 1.54) is 10.6 Å². The van der Waals surface area contributed by atoms with Crippen LogP contribution in [0.3, 0.4) is 0 Å². The topological polar surface area (TPSA) is 80.8 Å². The van der Waals surface area contributed by atoms with Gasteiger partial charge < -0.3 is 0 Å². The number of nitrogens with zero attached hydrogens (tertiary/aromatic N) is 1. The average molecular weight is 283 g/mol. The summed E-state index contributed by atoms with van der Waals surface area (Å²) in [5, 5.41) is 0. The van der Waals surface area contributed by atoms with Gasteiger partial charge in [0.2, 0.25) is 10.0 Å². The minimum atomic E-state index is -3.36. The van der Waals surface area contributed by atoms with E-state index in [1.807, 2.05) is 0 Å². The van der Waals surface area contributed by atoms with Gasteiger partial charge in [0, 0.05) is 13.1 Å². The summed E-state index contributed by atoms with van der Waals surface area (Å²) in [5.41, 5.74) is 0.0919. The molecule has 17 heavy (non-hydrogen) atoms. The molecule has 0 aromatic heterocycles. The Bertz CT molecular complexity index is 496. The molecule has 1 spiro atoms. The molecule has 2 rings (SSSR count). The number of rotatable bonds is 4. The molecule has 2 fully saturated rings. The number of hydrogen-bond acceptors (Lipinski definition) is 5. The quantitative estimate of drug-likeness (QED) is 0.658. The summed E-state index contributed by atoms with van der Waals surface area (Å²) in [6, 6.07) is 0. The Hall–Kier alpha value is -0.180. The van der Waals surface area contributed by atoms with Crippen LogP contribution in [0, 0.1) is 11.3 Å². The second kappa shape index (κ2) is 3.91. The van der Waals surface area contributed by atoms with Crippen LogP contribution in [0.2, 0.25) is 0 Å². The Morgan fingerprint density at radius 1 is 1.18 bits per heavy atom. The molecule has 1 saturated carbocycles. The van der Waals surface area contributed by atoms with E-state index in [1.54, 1.807) is 0 Å². The Kier molecular flexibility index (Phi) is 3.05. The fourth-order valence-electron chi connectivity index (χ4n) is 2.70. The van der Waals surface area contributed by atoms with Crippen molar-refractivity contribution in [3.8, 4) is 0 Å². The predicted molar refractivity (Wildman–Crippen MR) is 62.4 cm³/mol. The van der Waals surface area contributed by atoms with Gasteiger partial charge in [-0.05, 0) is 24.2 Å². The molecular weight excluding hydrogens is 266 g/mol. The molecule has 0 radical (unpaired) electrons. The highest BCUT2D eigenvalue weighted by Crippen LogP contribution is 2.52. The van der Waals surface area contributed by atoms with Crippen molar-refractivity contribution in [3.05, 3.63) is 0 Å². The van der Waals surface area contributed by atoms with Crippen molar-refractivity contribution in [1.29, 1.82) is 0 Å². The first-order valence-electron chi connectivity index (χ1n) is 5.39. The minimum absolute atomic E-state index is 0.0919. The minimum Gasteiger partial charge on any atom is -0.270 e. The van der Waals surface area contributed by atoms with Crippen molar-refractivity contribution in [2.24, 2.45) is 11.3 Å². The van der Waals surface area contributed by atoms with Crippen LogP contribution < -0.4 is 0 Å². The standard InChI is InChI=1S/C9H17NO5S2/c1-16(11,12)10-6-9(7-10)3-8(4-9)5-15-17(2,13)14/h8H,3-7H2,1-2H3. The van der Waals surface area contributed by atoms with Crippen molar-refractivity contribution in [1.82, 2.24) is 4.31 Å². The smallest absolute Gasteiger partial charge is 0.264 e. The molecule has 1 heterocycles. The first kappa shape index (κ1) is 13.3. The van der Waals surface area contributed by atoms with E-state index < -0.39 is 20.1 Å². The lowest BCUT2D eigenvalue weighted by molar-refractivity contribution is -0.0645. The molecule has 100 valence electrons. The summed E-state index contributed by atoms with van der Waals surface area (Å²) in [6.45, 7) is 1.36. The molecule has 8 heteroatoms. The van der Waals surface area contributed by atoms with Crippen LogP contribution in [0.5, 0.6) is 0 Å². The highest BCUT2D eigenvalue weighted by molar-refractivity contribution is 7.88. The third-order valence-electron chi connectivity index (χ3n) is 3.45. The molecule has 0 amide bonds. The zero-order valence-electron chi connectivity index (χ0n) is 9.92. The third kappa shape index (κ3) is 2.98. The maximum absolute atomic E-state index is 11.2. The van der Waals surface area contributed by atoms with Gasteiger partial charge in [0.15, 0.2) is 0 Å². The second-order valence-corrected chi connectivity index (χ2v) is 8.92. The van der Waals surface area contributed by atoms with Crippen molar-refractivity contribution < 1.29 is 21.0 Å². The molecule has 0 aromatic rings. The number of sulfonamides is 1. The lowest BCUT2D eigenvalue weighted by atomic mass is 9.59. The van der Waals surface area contributed by atoms with Crippen molar-refractivity contribution in [2.45, 2.75) is 12.8 Å². The predicted octanol–water partition coefficient (Wildman–Crippen LogP) is -0.366. The van der Waals surface area contributed by atoms with Crippen LogP contribution in [-0.2, 0) is 24.3 Å². The van der Waals surface area contributed by atoms with Gasteiger partial charge in [-0.3, -0.25) is 4.18 Å². The van der Waals surface area contributed by atoms with Crippen LogP contribution >= 0.6 is 0 Å². The monoisotopic (exact) mass is 283 g/mol. The van der Waals surface area contributed by atoms with E-state index in [2.05, 4.69) is 0 Å². The molecule has 2 aliphatic rings. The van der Waals surface area contributed by atoms with Crippen LogP contribution in [-0.4, -0.2) is 53.3 Å². The van der Waals surface area contributed by atoms with Crippen molar-refractivity contribution in [3.63, 3.8) is 0 Å². The summed E-state index contributed by atoms with van der Waals surface area (Å²) >= 11 is 0. The zero-order valence-corrected chi connectivity index (χ0v) is 11.6. The summed E-state index contributed by atoms with van der Waals surface area (Å²) in [5.74, 6) is 0.242. The van der Waals surface area contributed by atoms with Crippen molar-refractivity contribution >= 4 is 20.1 Å². The van der Waals surface area contributed by atoms with E-state index in [9.17, 15) is 16.8 Å². The van der Waals surface area contributed by atoms with Crippen LogP contribution in [0.1, 0.15) is 12.8 Å². The fourth-order valence-corrected chi connectivity index (χ4v) is 4.15. The lowest BCUT2D eigenvalue weighted by Gasteiger charge is -2.58. The van der Waals surface area contributed by atoms with Gasteiger partial charge in [0.1, 0.15) is 0 Å². The van der Waals surface area contributed by atoms with Gasteiger partial charge >= 0.3 is 0 Å². The van der Waals surface area contributed by atoms with Crippen LogP contribution in [0.15, 0.2) is 0 Å². The van der Waals surface area contributed by atoms with E-state index in [0.29, 0.717) is 13.1 Å². The van der Waals surface area contributed by atoms with Crippen LogP contribution in [0.25, 0.3) is 0 Å². The van der Waals surface area contributed by atoms with Gasteiger partial charge in [-0.1, -0.05) is 0 Å². The van der Waals surface area contributed by atoms with Crippen LogP contribution in [0.4, 0.5) is 0 Å². The zero-order chi connectivity index (χ0) is 12.9. The van der Waals surface area contributed by atoms with Gasteiger partial charge in [-0.2, -0.15) is 8.42 Å². The van der Waals surface area contributed by atoms with Gasteiger partial charge in [0.25, 0.3) is 10.1 Å². The first-order chi connectivity index (χ1) is 7.60. The van der Waals surface area contributed by atoms with Gasteiger partial charge in [-0.25, -0.2) is 12.7 Å². The molecule has 0 bridgehead atoms. The Labute approximate surface area is 102 Å². The molecule has 0 aromatic carbocycles. The Balaban J connectivity index is 1.74. The molecule has 1 saturated heterocycles. The van der Waals surface area contributed by atoms with E-state index in [4.69, 9.17) is 4.18 Å².